The molecule has 1 heterocycles. The van der Waals surface area contributed by atoms with Crippen molar-refractivity contribution in [2.75, 3.05) is 19.4 Å². The summed E-state index contributed by atoms with van der Waals surface area (Å²) in [6, 6.07) is 16.1. The van der Waals surface area contributed by atoms with Gasteiger partial charge in [0, 0.05) is 11.3 Å². The number of hydrogen-bond donors (Lipinski definition) is 1. The summed E-state index contributed by atoms with van der Waals surface area (Å²) in [6.45, 7) is 3.90. The SMILES string of the molecule is COC(=O)CNC(=O)CSc1nnc(-c2ccc(C)cc2)n1-c1ccc(C)cc1. The van der Waals surface area contributed by atoms with Crippen molar-refractivity contribution in [3.8, 4) is 17.1 Å². The van der Waals surface area contributed by atoms with E-state index in [1.54, 1.807) is 0 Å². The average Bonchev–Trinajstić information content (AvgIpc) is 3.15. The minimum atomic E-state index is -0.493. The number of nitrogens with one attached hydrogen (secondary N) is 1. The van der Waals surface area contributed by atoms with Gasteiger partial charge in [-0.1, -0.05) is 59.3 Å². The van der Waals surface area contributed by atoms with Crippen LogP contribution in [0.1, 0.15) is 11.1 Å². The summed E-state index contributed by atoms with van der Waals surface area (Å²) in [6.07, 6.45) is 0. The van der Waals surface area contributed by atoms with Crippen LogP contribution in [0.2, 0.25) is 0 Å². The standard InChI is InChI=1S/C21H22N4O3S/c1-14-4-8-16(9-5-14)20-23-24-21(25(20)17-10-6-15(2)7-11-17)29-13-18(26)22-12-19(27)28-3/h4-11H,12-13H2,1-3H3,(H,22,26). The van der Waals surface area contributed by atoms with Gasteiger partial charge in [0.05, 0.1) is 12.9 Å². The quantitative estimate of drug-likeness (QED) is 0.476. The topological polar surface area (TPSA) is 86.1 Å². The van der Waals surface area contributed by atoms with Crippen molar-refractivity contribution in [1.82, 2.24) is 20.1 Å². The van der Waals surface area contributed by atoms with E-state index >= 15 is 0 Å². The van der Waals surface area contributed by atoms with E-state index in [1.165, 1.54) is 18.9 Å². The Balaban J connectivity index is 1.87. The van der Waals surface area contributed by atoms with Crippen molar-refractivity contribution in [3.05, 3.63) is 59.7 Å². The third-order valence-corrected chi connectivity index (χ3v) is 5.15. The third kappa shape index (κ3) is 5.23. The van der Waals surface area contributed by atoms with Gasteiger partial charge in [0.25, 0.3) is 0 Å². The van der Waals surface area contributed by atoms with E-state index < -0.39 is 5.97 Å². The van der Waals surface area contributed by atoms with E-state index in [2.05, 4.69) is 20.3 Å². The Morgan fingerprint density at radius 3 is 2.24 bits per heavy atom. The first kappa shape index (κ1) is 20.6. The number of rotatable bonds is 7. The summed E-state index contributed by atoms with van der Waals surface area (Å²) < 4.78 is 6.46. The smallest absolute Gasteiger partial charge is 0.325 e. The molecular weight excluding hydrogens is 388 g/mol. The first-order valence-corrected chi connectivity index (χ1v) is 10.0. The van der Waals surface area contributed by atoms with E-state index in [1.807, 2.05) is 66.9 Å². The summed E-state index contributed by atoms with van der Waals surface area (Å²) in [5.41, 5.74) is 4.15. The Labute approximate surface area is 173 Å². The largest absolute Gasteiger partial charge is 0.468 e. The molecule has 0 saturated heterocycles. The van der Waals surface area contributed by atoms with Crippen molar-refractivity contribution in [1.29, 1.82) is 0 Å². The van der Waals surface area contributed by atoms with Gasteiger partial charge >= 0.3 is 5.97 Å². The highest BCUT2D eigenvalue weighted by Gasteiger charge is 2.17. The van der Waals surface area contributed by atoms with E-state index in [9.17, 15) is 9.59 Å². The minimum absolute atomic E-state index is 0.106. The van der Waals surface area contributed by atoms with Gasteiger partial charge in [0.1, 0.15) is 6.54 Å². The zero-order valence-corrected chi connectivity index (χ0v) is 17.3. The molecule has 150 valence electrons. The second-order valence-electron chi connectivity index (χ2n) is 6.48. The molecule has 0 unspecified atom stereocenters. The van der Waals surface area contributed by atoms with Crippen LogP contribution in [-0.4, -0.2) is 46.0 Å². The molecular formula is C21H22N4O3S. The molecule has 0 aliphatic rings. The maximum absolute atomic E-state index is 12.0. The predicted octanol–water partition coefficient (Wildman–Crippen LogP) is 2.93. The van der Waals surface area contributed by atoms with Crippen LogP contribution < -0.4 is 5.32 Å². The lowest BCUT2D eigenvalue weighted by molar-refractivity contribution is -0.140. The fourth-order valence-corrected chi connectivity index (χ4v) is 3.39. The summed E-state index contributed by atoms with van der Waals surface area (Å²) in [4.78, 5) is 23.2. The highest BCUT2D eigenvalue weighted by Crippen LogP contribution is 2.28. The van der Waals surface area contributed by atoms with Crippen LogP contribution in [0.4, 0.5) is 0 Å². The summed E-state index contributed by atoms with van der Waals surface area (Å²) in [5, 5.41) is 11.8. The average molecular weight is 410 g/mol. The molecule has 0 radical (unpaired) electrons. The van der Waals surface area contributed by atoms with Crippen molar-refractivity contribution >= 4 is 23.6 Å². The van der Waals surface area contributed by atoms with Gasteiger partial charge in [0.2, 0.25) is 5.91 Å². The zero-order valence-electron chi connectivity index (χ0n) is 16.5. The Morgan fingerprint density at radius 1 is 1.00 bits per heavy atom. The molecule has 2 aromatic carbocycles. The first-order chi connectivity index (χ1) is 14.0. The summed E-state index contributed by atoms with van der Waals surface area (Å²) in [5.74, 6) is 0.0319. The Hall–Kier alpha value is -3.13. The minimum Gasteiger partial charge on any atom is -0.468 e. The normalized spacial score (nSPS) is 10.6. The number of aryl methyl sites for hydroxylation is 2. The molecule has 0 aliphatic carbocycles. The fourth-order valence-electron chi connectivity index (χ4n) is 2.60. The van der Waals surface area contributed by atoms with E-state index in [0.29, 0.717) is 11.0 Å². The van der Waals surface area contributed by atoms with E-state index in [4.69, 9.17) is 0 Å². The third-order valence-electron chi connectivity index (χ3n) is 4.23. The van der Waals surface area contributed by atoms with Gasteiger partial charge in [-0.15, -0.1) is 10.2 Å². The number of thioether (sulfide) groups is 1. The van der Waals surface area contributed by atoms with Crippen LogP contribution in [0.5, 0.6) is 0 Å². The number of aromatic nitrogens is 3. The molecule has 7 nitrogen and oxygen atoms in total. The molecule has 29 heavy (non-hydrogen) atoms. The van der Waals surface area contributed by atoms with Gasteiger partial charge in [-0.3, -0.25) is 14.2 Å². The van der Waals surface area contributed by atoms with Gasteiger partial charge in [-0.2, -0.15) is 0 Å². The number of methoxy groups -OCH3 is 1. The number of esters is 1. The highest BCUT2D eigenvalue weighted by atomic mass is 32.2. The number of hydrogen-bond acceptors (Lipinski definition) is 6. The van der Waals surface area contributed by atoms with E-state index in [-0.39, 0.29) is 18.2 Å². The highest BCUT2D eigenvalue weighted by molar-refractivity contribution is 7.99. The molecule has 0 saturated carbocycles. The number of nitrogens with zero attached hydrogens (tertiary/aromatic N) is 3. The molecule has 1 amide bonds. The lowest BCUT2D eigenvalue weighted by Crippen LogP contribution is -2.31. The zero-order chi connectivity index (χ0) is 20.8. The molecule has 8 heteroatoms. The van der Waals surface area contributed by atoms with Crippen LogP contribution in [0.25, 0.3) is 17.1 Å². The van der Waals surface area contributed by atoms with Crippen molar-refractivity contribution < 1.29 is 14.3 Å². The number of amides is 1. The van der Waals surface area contributed by atoms with Crippen molar-refractivity contribution in [3.63, 3.8) is 0 Å². The molecule has 1 N–H and O–H groups in total. The monoisotopic (exact) mass is 410 g/mol. The fraction of sp³-hybridized carbons (Fsp3) is 0.238. The van der Waals surface area contributed by atoms with E-state index in [0.717, 1.165) is 22.4 Å². The molecule has 1 aromatic heterocycles. The lowest BCUT2D eigenvalue weighted by atomic mass is 10.1. The van der Waals surface area contributed by atoms with Gasteiger partial charge in [0.15, 0.2) is 11.0 Å². The maximum Gasteiger partial charge on any atom is 0.325 e. The van der Waals surface area contributed by atoms with Gasteiger partial charge < -0.3 is 10.1 Å². The number of benzene rings is 2. The number of carbonyl (C=O) groups is 2. The van der Waals surface area contributed by atoms with Gasteiger partial charge in [-0.05, 0) is 26.0 Å². The first-order valence-electron chi connectivity index (χ1n) is 9.03. The molecule has 3 rings (SSSR count). The molecule has 0 atom stereocenters. The predicted molar refractivity (Wildman–Crippen MR) is 112 cm³/mol. The number of ether oxygens (including phenoxy) is 1. The lowest BCUT2D eigenvalue weighted by Gasteiger charge is -2.11. The van der Waals surface area contributed by atoms with Crippen LogP contribution in [0.3, 0.4) is 0 Å². The molecule has 0 spiro atoms. The van der Waals surface area contributed by atoms with Crippen LogP contribution in [-0.2, 0) is 14.3 Å². The number of carbonyl (C=O) groups excluding carboxylic acids is 2. The summed E-state index contributed by atoms with van der Waals surface area (Å²) >= 11 is 1.26. The Morgan fingerprint density at radius 2 is 1.62 bits per heavy atom. The van der Waals surface area contributed by atoms with Crippen molar-refractivity contribution in [2.24, 2.45) is 0 Å². The molecule has 0 bridgehead atoms. The van der Waals surface area contributed by atoms with Crippen LogP contribution in [0, 0.1) is 13.8 Å². The Kier molecular flexibility index (Phi) is 6.66. The molecule has 0 aliphatic heterocycles. The summed E-state index contributed by atoms with van der Waals surface area (Å²) in [7, 11) is 1.28. The maximum atomic E-state index is 12.0. The van der Waals surface area contributed by atoms with Gasteiger partial charge in [-0.25, -0.2) is 0 Å². The van der Waals surface area contributed by atoms with Crippen molar-refractivity contribution in [2.45, 2.75) is 19.0 Å². The Bertz CT molecular complexity index is 998. The second-order valence-corrected chi connectivity index (χ2v) is 7.43. The second kappa shape index (κ2) is 9.38. The molecule has 0 fully saturated rings. The molecule has 3 aromatic rings. The van der Waals surface area contributed by atoms with Crippen LogP contribution in [0.15, 0.2) is 53.7 Å². The van der Waals surface area contributed by atoms with Crippen LogP contribution >= 0.6 is 11.8 Å².